The van der Waals surface area contributed by atoms with E-state index in [1.807, 2.05) is 0 Å². The molecule has 0 bridgehead atoms. The monoisotopic (exact) mass is 318 g/mol. The number of nitrogens with one attached hydrogen (secondary N) is 1. The van der Waals surface area contributed by atoms with Crippen LogP contribution in [0.2, 0.25) is 0 Å². The van der Waals surface area contributed by atoms with Gasteiger partial charge in [0.1, 0.15) is 5.82 Å². The number of hydrogen-bond donors (Lipinski definition) is 2. The Hall–Kier alpha value is -1.63. The second kappa shape index (κ2) is 6.64. The summed E-state index contributed by atoms with van der Waals surface area (Å²) in [4.78, 5) is 11.9. The van der Waals surface area contributed by atoms with E-state index >= 15 is 0 Å². The number of benzene rings is 1. The van der Waals surface area contributed by atoms with Crippen LogP contribution in [0.1, 0.15) is 41.6 Å². The Morgan fingerprint density at radius 3 is 2.68 bits per heavy atom. The molecule has 1 amide bonds. The Morgan fingerprint density at radius 1 is 1.32 bits per heavy atom. The molecule has 1 aromatic rings. The molecule has 2 rings (SSSR count). The highest BCUT2D eigenvalue weighted by atomic mass is 19.4. The normalized spacial score (nSPS) is 22.4. The maximum Gasteiger partial charge on any atom is 0.419 e. The molecule has 1 saturated carbocycles. The number of nitrogens with two attached hydrogens (primary N) is 1. The minimum atomic E-state index is -4.82. The van der Waals surface area contributed by atoms with Crippen molar-refractivity contribution >= 4 is 5.91 Å². The third-order valence-electron chi connectivity index (χ3n) is 3.92. The first kappa shape index (κ1) is 16.7. The highest BCUT2D eigenvalue weighted by molar-refractivity contribution is 5.94. The number of rotatable bonds is 3. The molecule has 1 fully saturated rings. The molecule has 0 heterocycles. The maximum absolute atomic E-state index is 13.8. The van der Waals surface area contributed by atoms with E-state index in [1.165, 1.54) is 0 Å². The van der Waals surface area contributed by atoms with E-state index in [2.05, 4.69) is 5.32 Å². The summed E-state index contributed by atoms with van der Waals surface area (Å²) >= 11 is 0. The van der Waals surface area contributed by atoms with Gasteiger partial charge in [0.05, 0.1) is 11.1 Å². The molecule has 0 saturated heterocycles. The molecule has 7 heteroatoms. The van der Waals surface area contributed by atoms with E-state index in [4.69, 9.17) is 5.73 Å². The number of hydrogen-bond acceptors (Lipinski definition) is 2. The minimum Gasteiger partial charge on any atom is -0.352 e. The van der Waals surface area contributed by atoms with Crippen LogP contribution in [0, 0.1) is 11.7 Å². The molecule has 3 nitrogen and oxygen atoms in total. The van der Waals surface area contributed by atoms with Crippen LogP contribution in [0.3, 0.4) is 0 Å². The molecule has 1 aliphatic carbocycles. The summed E-state index contributed by atoms with van der Waals surface area (Å²) in [5, 5.41) is 2.51. The molecule has 1 aromatic carbocycles. The predicted molar refractivity (Wildman–Crippen MR) is 73.7 cm³/mol. The molecule has 2 atom stereocenters. The average molecular weight is 318 g/mol. The van der Waals surface area contributed by atoms with Crippen molar-refractivity contribution < 1.29 is 22.4 Å². The Morgan fingerprint density at radius 2 is 2.05 bits per heavy atom. The maximum atomic E-state index is 13.8. The van der Waals surface area contributed by atoms with Crippen molar-refractivity contribution in [1.29, 1.82) is 0 Å². The first-order valence-corrected chi connectivity index (χ1v) is 7.18. The summed E-state index contributed by atoms with van der Waals surface area (Å²) < 4.78 is 51.7. The molecule has 0 aliphatic heterocycles. The quantitative estimate of drug-likeness (QED) is 0.842. The molecular weight excluding hydrogens is 300 g/mol. The van der Waals surface area contributed by atoms with Crippen molar-refractivity contribution in [2.75, 3.05) is 6.54 Å². The summed E-state index contributed by atoms with van der Waals surface area (Å²) in [5.74, 6) is -2.18. The van der Waals surface area contributed by atoms with Gasteiger partial charge in [0, 0.05) is 12.6 Å². The van der Waals surface area contributed by atoms with Crippen LogP contribution in [-0.2, 0) is 6.18 Å². The molecule has 0 spiro atoms. The van der Waals surface area contributed by atoms with Crippen molar-refractivity contribution in [1.82, 2.24) is 5.32 Å². The lowest BCUT2D eigenvalue weighted by molar-refractivity contribution is -0.140. The summed E-state index contributed by atoms with van der Waals surface area (Å²) in [7, 11) is 0. The lowest BCUT2D eigenvalue weighted by Gasteiger charge is -2.26. The lowest BCUT2D eigenvalue weighted by atomic mass is 9.86. The topological polar surface area (TPSA) is 55.1 Å². The van der Waals surface area contributed by atoms with Crippen LogP contribution < -0.4 is 11.1 Å². The summed E-state index contributed by atoms with van der Waals surface area (Å²) in [6.07, 6.45) is -1.27. The number of halogens is 4. The van der Waals surface area contributed by atoms with Gasteiger partial charge in [-0.15, -0.1) is 0 Å². The summed E-state index contributed by atoms with van der Waals surface area (Å²) in [6.45, 7) is 0.294. The Labute approximate surface area is 125 Å². The first-order valence-electron chi connectivity index (χ1n) is 7.18. The van der Waals surface area contributed by atoms with Gasteiger partial charge in [-0.1, -0.05) is 12.5 Å². The lowest BCUT2D eigenvalue weighted by Crippen LogP contribution is -2.36. The van der Waals surface area contributed by atoms with Crippen LogP contribution in [-0.4, -0.2) is 18.5 Å². The van der Waals surface area contributed by atoms with E-state index in [-0.39, 0.29) is 12.0 Å². The molecule has 1 aliphatic rings. The number of carbonyl (C=O) groups excluding carboxylic acids is 1. The van der Waals surface area contributed by atoms with Crippen molar-refractivity contribution in [3.05, 3.63) is 35.1 Å². The van der Waals surface area contributed by atoms with Crippen LogP contribution in [0.25, 0.3) is 0 Å². The van der Waals surface area contributed by atoms with Gasteiger partial charge >= 0.3 is 6.18 Å². The highest BCUT2D eigenvalue weighted by Crippen LogP contribution is 2.32. The van der Waals surface area contributed by atoms with E-state index in [0.717, 1.165) is 37.8 Å². The van der Waals surface area contributed by atoms with E-state index < -0.39 is 29.0 Å². The summed E-state index contributed by atoms with van der Waals surface area (Å²) in [5.41, 5.74) is 3.82. The Bertz CT molecular complexity index is 545. The second-order valence-corrected chi connectivity index (χ2v) is 5.67. The smallest absolute Gasteiger partial charge is 0.352 e. The van der Waals surface area contributed by atoms with Gasteiger partial charge in [0.25, 0.3) is 5.91 Å². The number of amides is 1. The van der Waals surface area contributed by atoms with Crippen LogP contribution in [0.4, 0.5) is 17.6 Å². The van der Waals surface area contributed by atoms with Crippen LogP contribution in [0.15, 0.2) is 18.2 Å². The van der Waals surface area contributed by atoms with Gasteiger partial charge < -0.3 is 11.1 Å². The van der Waals surface area contributed by atoms with Gasteiger partial charge in [-0.3, -0.25) is 4.79 Å². The Kier molecular flexibility index (Phi) is 5.05. The third-order valence-corrected chi connectivity index (χ3v) is 3.92. The number of carbonyl (C=O) groups is 1. The largest absolute Gasteiger partial charge is 0.419 e. The van der Waals surface area contributed by atoms with Crippen molar-refractivity contribution in [3.63, 3.8) is 0 Å². The van der Waals surface area contributed by atoms with Crippen LogP contribution >= 0.6 is 0 Å². The van der Waals surface area contributed by atoms with Gasteiger partial charge in [-0.25, -0.2) is 4.39 Å². The van der Waals surface area contributed by atoms with Gasteiger partial charge in [0.15, 0.2) is 0 Å². The summed E-state index contributed by atoms with van der Waals surface area (Å²) in [6, 6.07) is 2.77. The second-order valence-electron chi connectivity index (χ2n) is 5.67. The fourth-order valence-corrected chi connectivity index (χ4v) is 2.78. The fraction of sp³-hybridized carbons (Fsp3) is 0.533. The fourth-order valence-electron chi connectivity index (χ4n) is 2.78. The minimum absolute atomic E-state index is 0.0842. The van der Waals surface area contributed by atoms with Gasteiger partial charge in [-0.2, -0.15) is 13.2 Å². The van der Waals surface area contributed by atoms with Crippen molar-refractivity contribution in [2.24, 2.45) is 11.7 Å². The molecule has 22 heavy (non-hydrogen) atoms. The predicted octanol–water partition coefficient (Wildman–Crippen LogP) is 3.09. The standard InChI is InChI=1S/C15H18F4N2O/c16-13-11(5-2-6-12(13)15(17,18)19)14(22)21-8-9-3-1-4-10(20)7-9/h2,5-6,9-10H,1,3-4,7-8,20H2,(H,21,22). The molecule has 122 valence electrons. The zero-order valence-electron chi connectivity index (χ0n) is 11.9. The highest BCUT2D eigenvalue weighted by Gasteiger charge is 2.35. The molecule has 2 unspecified atom stereocenters. The Balaban J connectivity index is 2.04. The molecule has 3 N–H and O–H groups in total. The molecule has 0 radical (unpaired) electrons. The van der Waals surface area contributed by atoms with Crippen molar-refractivity contribution in [3.8, 4) is 0 Å². The van der Waals surface area contributed by atoms with Crippen molar-refractivity contribution in [2.45, 2.75) is 37.9 Å². The van der Waals surface area contributed by atoms with Gasteiger partial charge in [0.2, 0.25) is 0 Å². The van der Waals surface area contributed by atoms with E-state index in [9.17, 15) is 22.4 Å². The first-order chi connectivity index (χ1) is 10.3. The average Bonchev–Trinajstić information content (AvgIpc) is 2.44. The third kappa shape index (κ3) is 3.97. The van der Waals surface area contributed by atoms with E-state index in [0.29, 0.717) is 12.6 Å². The van der Waals surface area contributed by atoms with Gasteiger partial charge in [-0.05, 0) is 37.3 Å². The zero-order chi connectivity index (χ0) is 16.3. The van der Waals surface area contributed by atoms with E-state index in [1.54, 1.807) is 0 Å². The molecule has 0 aromatic heterocycles. The zero-order valence-corrected chi connectivity index (χ0v) is 11.9. The SMILES string of the molecule is NC1CCCC(CNC(=O)c2cccc(C(F)(F)F)c2F)C1. The number of alkyl halides is 3. The molecular formula is C15H18F4N2O. The van der Waals surface area contributed by atoms with Crippen LogP contribution in [0.5, 0.6) is 0 Å².